The number of rotatable bonds is 1. The third-order valence-corrected chi connectivity index (χ3v) is 3.54. The monoisotopic (exact) mass is 231 g/mol. The first-order chi connectivity index (χ1) is 7.80. The fourth-order valence-corrected chi connectivity index (χ4v) is 1.93. The second-order valence-electron chi connectivity index (χ2n) is 5.68. The Morgan fingerprint density at radius 1 is 1.18 bits per heavy atom. The Hall–Kier alpha value is -1.64. The minimum absolute atomic E-state index is 0.132. The molecule has 0 saturated carbocycles. The zero-order valence-corrected chi connectivity index (χ0v) is 10.6. The van der Waals surface area contributed by atoms with Crippen molar-refractivity contribution < 1.29 is 9.59 Å². The molecule has 0 fully saturated rings. The van der Waals surface area contributed by atoms with Crippen LogP contribution in [0.25, 0.3) is 0 Å². The lowest BCUT2D eigenvalue weighted by molar-refractivity contribution is -0.112. The predicted octanol–water partition coefficient (Wildman–Crippen LogP) is 2.97. The molecule has 1 aromatic rings. The standard InChI is InChI=1S/C14H17NO2/c1-8(14(2,3)4)9-5-6-11-10(7-9)12(16)13(17)15-11/h5-8H,1-4H3,(H,15,16,17). The van der Waals surface area contributed by atoms with E-state index in [0.29, 0.717) is 17.2 Å². The maximum absolute atomic E-state index is 11.6. The number of ketones is 1. The molecule has 2 rings (SSSR count). The summed E-state index contributed by atoms with van der Waals surface area (Å²) >= 11 is 0. The van der Waals surface area contributed by atoms with E-state index < -0.39 is 11.7 Å². The summed E-state index contributed by atoms with van der Waals surface area (Å²) in [6, 6.07) is 5.63. The summed E-state index contributed by atoms with van der Waals surface area (Å²) in [5.74, 6) is -0.625. The number of amides is 1. The summed E-state index contributed by atoms with van der Waals surface area (Å²) in [5.41, 5.74) is 2.36. The van der Waals surface area contributed by atoms with Crippen molar-refractivity contribution in [3.8, 4) is 0 Å². The fourth-order valence-electron chi connectivity index (χ4n) is 1.93. The van der Waals surface area contributed by atoms with Crippen LogP contribution in [0, 0.1) is 5.41 Å². The molecule has 90 valence electrons. The van der Waals surface area contributed by atoms with Crippen LogP contribution in [0.2, 0.25) is 0 Å². The zero-order chi connectivity index (χ0) is 12.8. The number of hydrogen-bond donors (Lipinski definition) is 1. The molecule has 1 amide bonds. The number of hydrogen-bond acceptors (Lipinski definition) is 2. The van der Waals surface area contributed by atoms with E-state index >= 15 is 0 Å². The number of fused-ring (bicyclic) bond motifs is 1. The molecule has 17 heavy (non-hydrogen) atoms. The van der Waals surface area contributed by atoms with Gasteiger partial charge in [0.25, 0.3) is 11.7 Å². The van der Waals surface area contributed by atoms with Crippen molar-refractivity contribution in [1.82, 2.24) is 0 Å². The van der Waals surface area contributed by atoms with Gasteiger partial charge in [-0.25, -0.2) is 0 Å². The van der Waals surface area contributed by atoms with Gasteiger partial charge >= 0.3 is 0 Å². The smallest absolute Gasteiger partial charge is 0.296 e. The Labute approximate surface area is 101 Å². The van der Waals surface area contributed by atoms with Crippen molar-refractivity contribution in [2.24, 2.45) is 5.41 Å². The van der Waals surface area contributed by atoms with Gasteiger partial charge in [-0.15, -0.1) is 0 Å². The largest absolute Gasteiger partial charge is 0.318 e. The average Bonchev–Trinajstić information content (AvgIpc) is 2.52. The normalized spacial score (nSPS) is 16.7. The van der Waals surface area contributed by atoms with Gasteiger partial charge in [-0.3, -0.25) is 9.59 Å². The van der Waals surface area contributed by atoms with E-state index in [-0.39, 0.29) is 5.41 Å². The van der Waals surface area contributed by atoms with Gasteiger partial charge in [-0.2, -0.15) is 0 Å². The molecule has 0 radical (unpaired) electrons. The van der Waals surface area contributed by atoms with Gasteiger partial charge in [0.2, 0.25) is 0 Å². The first kappa shape index (κ1) is 11.8. The lowest BCUT2D eigenvalue weighted by Crippen LogP contribution is -2.15. The van der Waals surface area contributed by atoms with Gasteiger partial charge in [0, 0.05) is 0 Å². The molecular formula is C14H17NO2. The van der Waals surface area contributed by atoms with Crippen molar-refractivity contribution in [3.05, 3.63) is 29.3 Å². The zero-order valence-electron chi connectivity index (χ0n) is 10.6. The Balaban J connectivity index is 2.42. The van der Waals surface area contributed by atoms with E-state index in [0.717, 1.165) is 5.56 Å². The van der Waals surface area contributed by atoms with Crippen LogP contribution in [0.5, 0.6) is 0 Å². The second kappa shape index (κ2) is 3.69. The van der Waals surface area contributed by atoms with Crippen molar-refractivity contribution in [1.29, 1.82) is 0 Å². The van der Waals surface area contributed by atoms with Crippen LogP contribution >= 0.6 is 0 Å². The van der Waals surface area contributed by atoms with Crippen LogP contribution in [-0.4, -0.2) is 11.7 Å². The van der Waals surface area contributed by atoms with Crippen LogP contribution in [0.3, 0.4) is 0 Å². The predicted molar refractivity (Wildman–Crippen MR) is 67.3 cm³/mol. The summed E-state index contributed by atoms with van der Waals surface area (Å²) in [5, 5.41) is 2.56. The van der Waals surface area contributed by atoms with E-state index in [9.17, 15) is 9.59 Å². The Morgan fingerprint density at radius 2 is 1.82 bits per heavy atom. The lowest BCUT2D eigenvalue weighted by Gasteiger charge is -2.27. The summed E-state index contributed by atoms with van der Waals surface area (Å²) in [6.45, 7) is 8.62. The van der Waals surface area contributed by atoms with Crippen molar-refractivity contribution in [2.45, 2.75) is 33.6 Å². The second-order valence-corrected chi connectivity index (χ2v) is 5.68. The van der Waals surface area contributed by atoms with Gasteiger partial charge in [-0.1, -0.05) is 33.8 Å². The summed E-state index contributed by atoms with van der Waals surface area (Å²) in [7, 11) is 0. The van der Waals surface area contributed by atoms with Crippen LogP contribution in [0.4, 0.5) is 5.69 Å². The number of anilines is 1. The molecule has 0 bridgehead atoms. The number of carbonyl (C=O) groups is 2. The minimum Gasteiger partial charge on any atom is -0.318 e. The molecule has 0 aromatic heterocycles. The van der Waals surface area contributed by atoms with Gasteiger partial charge < -0.3 is 5.32 Å². The fraction of sp³-hybridized carbons (Fsp3) is 0.429. The molecule has 1 aliphatic rings. The van der Waals surface area contributed by atoms with Crippen molar-refractivity contribution >= 4 is 17.4 Å². The van der Waals surface area contributed by atoms with E-state index in [1.54, 1.807) is 0 Å². The first-order valence-corrected chi connectivity index (χ1v) is 5.80. The van der Waals surface area contributed by atoms with E-state index in [4.69, 9.17) is 0 Å². The molecule has 1 aliphatic heterocycles. The number of Topliss-reactive ketones (excluding diaryl/α,β-unsaturated/α-hetero) is 1. The van der Waals surface area contributed by atoms with Gasteiger partial charge in [0.05, 0.1) is 11.3 Å². The van der Waals surface area contributed by atoms with Gasteiger partial charge in [0.1, 0.15) is 0 Å². The molecule has 1 unspecified atom stereocenters. The van der Waals surface area contributed by atoms with E-state index in [1.165, 1.54) is 0 Å². The third kappa shape index (κ3) is 1.97. The number of benzene rings is 1. The lowest BCUT2D eigenvalue weighted by atomic mass is 9.77. The minimum atomic E-state index is -0.527. The number of nitrogens with one attached hydrogen (secondary N) is 1. The van der Waals surface area contributed by atoms with Crippen LogP contribution in [-0.2, 0) is 4.79 Å². The topological polar surface area (TPSA) is 46.2 Å². The Morgan fingerprint density at radius 3 is 2.41 bits per heavy atom. The quantitative estimate of drug-likeness (QED) is 0.755. The van der Waals surface area contributed by atoms with E-state index in [1.807, 2.05) is 18.2 Å². The first-order valence-electron chi connectivity index (χ1n) is 5.80. The Bertz CT molecular complexity index is 497. The highest BCUT2D eigenvalue weighted by Gasteiger charge is 2.30. The molecule has 0 aliphatic carbocycles. The molecule has 0 spiro atoms. The van der Waals surface area contributed by atoms with E-state index in [2.05, 4.69) is 33.0 Å². The van der Waals surface area contributed by atoms with Crippen LogP contribution < -0.4 is 5.32 Å². The molecule has 3 heteroatoms. The summed E-state index contributed by atoms with van der Waals surface area (Å²) in [6.07, 6.45) is 0. The number of carbonyl (C=O) groups excluding carboxylic acids is 2. The van der Waals surface area contributed by atoms with Gasteiger partial charge in [-0.05, 0) is 29.0 Å². The highest BCUT2D eigenvalue weighted by molar-refractivity contribution is 6.51. The van der Waals surface area contributed by atoms with Crippen LogP contribution in [0.15, 0.2) is 18.2 Å². The highest BCUT2D eigenvalue weighted by atomic mass is 16.2. The molecule has 0 saturated heterocycles. The van der Waals surface area contributed by atoms with Crippen LogP contribution in [0.1, 0.15) is 49.5 Å². The molecular weight excluding hydrogens is 214 g/mol. The highest BCUT2D eigenvalue weighted by Crippen LogP contribution is 2.36. The maximum atomic E-state index is 11.6. The molecule has 1 aromatic carbocycles. The average molecular weight is 231 g/mol. The SMILES string of the molecule is CC(c1ccc2c(c1)C(=O)C(=O)N2)C(C)(C)C. The molecule has 1 atom stereocenters. The third-order valence-electron chi connectivity index (χ3n) is 3.54. The Kier molecular flexibility index (Phi) is 2.57. The molecule has 3 nitrogen and oxygen atoms in total. The van der Waals surface area contributed by atoms with Crippen molar-refractivity contribution in [2.75, 3.05) is 5.32 Å². The molecule has 1 N–H and O–H groups in total. The summed E-state index contributed by atoms with van der Waals surface area (Å²) < 4.78 is 0. The van der Waals surface area contributed by atoms with Crippen molar-refractivity contribution in [3.63, 3.8) is 0 Å². The molecule has 1 heterocycles. The summed E-state index contributed by atoms with van der Waals surface area (Å²) in [4.78, 5) is 22.9. The maximum Gasteiger partial charge on any atom is 0.296 e. The van der Waals surface area contributed by atoms with Gasteiger partial charge in [0.15, 0.2) is 0 Å².